The summed E-state index contributed by atoms with van der Waals surface area (Å²) in [5.74, 6) is 0.942. The van der Waals surface area contributed by atoms with Crippen molar-refractivity contribution in [2.75, 3.05) is 20.1 Å². The van der Waals surface area contributed by atoms with E-state index in [4.69, 9.17) is 0 Å². The molecule has 2 nitrogen and oxygen atoms in total. The third-order valence-electron chi connectivity index (χ3n) is 3.77. The van der Waals surface area contributed by atoms with Gasteiger partial charge in [-0.25, -0.2) is 0 Å². The number of hydrogen-bond donors (Lipinski definition) is 0. The lowest BCUT2D eigenvalue weighted by Gasteiger charge is -2.26. The van der Waals surface area contributed by atoms with E-state index < -0.39 is 0 Å². The maximum atomic E-state index is 4.37. The lowest BCUT2D eigenvalue weighted by molar-refractivity contribution is 0.235. The van der Waals surface area contributed by atoms with Gasteiger partial charge in [0.25, 0.3) is 0 Å². The zero-order valence-corrected chi connectivity index (χ0v) is 10.9. The van der Waals surface area contributed by atoms with Crippen molar-refractivity contribution < 1.29 is 0 Å². The van der Waals surface area contributed by atoms with Crippen LogP contribution in [0, 0.1) is 5.92 Å². The third kappa shape index (κ3) is 4.47. The first-order valence-electron chi connectivity index (χ1n) is 6.93. The van der Waals surface area contributed by atoms with E-state index in [2.05, 4.69) is 29.1 Å². The lowest BCUT2D eigenvalue weighted by atomic mass is 9.89. The standard InChI is InChI=1S/C15H24N2/c1-17(13-14-7-3-2-4-8-14)12-10-15-9-5-6-11-16-15/h5-6,9,11,14H,2-4,7-8,10,12-13H2,1H3. The monoisotopic (exact) mass is 232 g/mol. The molecular formula is C15H24N2. The van der Waals surface area contributed by atoms with Gasteiger partial charge in [-0.1, -0.05) is 25.3 Å². The van der Waals surface area contributed by atoms with Gasteiger partial charge in [0.05, 0.1) is 0 Å². The fraction of sp³-hybridized carbons (Fsp3) is 0.667. The van der Waals surface area contributed by atoms with Gasteiger partial charge in [0, 0.05) is 31.4 Å². The van der Waals surface area contributed by atoms with Gasteiger partial charge in [-0.15, -0.1) is 0 Å². The van der Waals surface area contributed by atoms with Crippen LogP contribution >= 0.6 is 0 Å². The first-order chi connectivity index (χ1) is 8.34. The van der Waals surface area contributed by atoms with Crippen molar-refractivity contribution in [1.29, 1.82) is 0 Å². The largest absolute Gasteiger partial charge is 0.306 e. The molecule has 0 spiro atoms. The van der Waals surface area contributed by atoms with Crippen LogP contribution in [0.15, 0.2) is 24.4 Å². The number of aromatic nitrogens is 1. The number of nitrogens with zero attached hydrogens (tertiary/aromatic N) is 2. The van der Waals surface area contributed by atoms with Crippen LogP contribution in [0.5, 0.6) is 0 Å². The molecule has 0 aliphatic heterocycles. The molecule has 0 N–H and O–H groups in total. The summed E-state index contributed by atoms with van der Waals surface area (Å²) >= 11 is 0. The van der Waals surface area contributed by atoms with E-state index in [0.717, 1.165) is 18.9 Å². The maximum Gasteiger partial charge on any atom is 0.0416 e. The molecule has 0 unspecified atom stereocenters. The summed E-state index contributed by atoms with van der Waals surface area (Å²) in [6, 6.07) is 6.17. The number of likely N-dealkylation sites (N-methyl/N-ethyl adjacent to an activating group) is 1. The average Bonchev–Trinajstić information content (AvgIpc) is 2.39. The minimum Gasteiger partial charge on any atom is -0.306 e. The van der Waals surface area contributed by atoms with Crippen LogP contribution in [-0.2, 0) is 6.42 Å². The topological polar surface area (TPSA) is 16.1 Å². The SMILES string of the molecule is CN(CCc1ccccn1)CC1CCCCC1. The Labute approximate surface area is 105 Å². The Hall–Kier alpha value is -0.890. The van der Waals surface area contributed by atoms with E-state index in [1.54, 1.807) is 0 Å². The second kappa shape index (κ2) is 6.75. The molecule has 1 heterocycles. The molecule has 1 aliphatic carbocycles. The van der Waals surface area contributed by atoms with Crippen LogP contribution in [-0.4, -0.2) is 30.0 Å². The van der Waals surface area contributed by atoms with Crippen LogP contribution in [0.2, 0.25) is 0 Å². The molecule has 1 aromatic heterocycles. The molecular weight excluding hydrogens is 208 g/mol. The zero-order chi connectivity index (χ0) is 11.9. The zero-order valence-electron chi connectivity index (χ0n) is 10.9. The molecule has 1 aromatic rings. The highest BCUT2D eigenvalue weighted by atomic mass is 15.1. The van der Waals surface area contributed by atoms with E-state index in [1.807, 2.05) is 12.3 Å². The van der Waals surface area contributed by atoms with Gasteiger partial charge >= 0.3 is 0 Å². The molecule has 0 radical (unpaired) electrons. The smallest absolute Gasteiger partial charge is 0.0416 e. The Kier molecular flexibility index (Phi) is 4.99. The third-order valence-corrected chi connectivity index (χ3v) is 3.77. The van der Waals surface area contributed by atoms with Crippen LogP contribution in [0.4, 0.5) is 0 Å². The van der Waals surface area contributed by atoms with Crippen LogP contribution in [0.1, 0.15) is 37.8 Å². The number of hydrogen-bond acceptors (Lipinski definition) is 2. The second-order valence-corrected chi connectivity index (χ2v) is 5.34. The minimum absolute atomic E-state index is 0.942. The molecule has 2 heteroatoms. The van der Waals surface area contributed by atoms with Gasteiger partial charge in [-0.05, 0) is 37.9 Å². The van der Waals surface area contributed by atoms with E-state index in [0.29, 0.717) is 0 Å². The van der Waals surface area contributed by atoms with Crippen LogP contribution in [0.25, 0.3) is 0 Å². The predicted molar refractivity (Wildman–Crippen MR) is 72.0 cm³/mol. The molecule has 1 fully saturated rings. The Balaban J connectivity index is 1.68. The quantitative estimate of drug-likeness (QED) is 0.775. The summed E-state index contributed by atoms with van der Waals surface area (Å²) in [7, 11) is 2.25. The maximum absolute atomic E-state index is 4.37. The predicted octanol–water partition coefficient (Wildman–Crippen LogP) is 3.14. The molecule has 0 bridgehead atoms. The fourth-order valence-corrected chi connectivity index (χ4v) is 2.75. The molecule has 1 saturated carbocycles. The summed E-state index contributed by atoms with van der Waals surface area (Å²) in [5, 5.41) is 0. The summed E-state index contributed by atoms with van der Waals surface area (Å²) < 4.78 is 0. The molecule has 0 aromatic carbocycles. The molecule has 17 heavy (non-hydrogen) atoms. The molecule has 94 valence electrons. The number of pyridine rings is 1. The van der Waals surface area contributed by atoms with E-state index in [1.165, 1.54) is 44.3 Å². The Morgan fingerprint density at radius 2 is 2.06 bits per heavy atom. The van der Waals surface area contributed by atoms with E-state index >= 15 is 0 Å². The summed E-state index contributed by atoms with van der Waals surface area (Å²) in [6.45, 7) is 2.40. The van der Waals surface area contributed by atoms with Crippen molar-refractivity contribution in [2.45, 2.75) is 38.5 Å². The summed E-state index contributed by atoms with van der Waals surface area (Å²) in [5.41, 5.74) is 1.21. The first kappa shape index (κ1) is 12.6. The second-order valence-electron chi connectivity index (χ2n) is 5.34. The highest BCUT2D eigenvalue weighted by molar-refractivity contribution is 5.03. The molecule has 0 amide bonds. The summed E-state index contributed by atoms with van der Waals surface area (Å²) in [6.07, 6.45) is 10.2. The summed E-state index contributed by atoms with van der Waals surface area (Å²) in [4.78, 5) is 6.85. The first-order valence-corrected chi connectivity index (χ1v) is 6.93. The van der Waals surface area contributed by atoms with Crippen molar-refractivity contribution in [3.05, 3.63) is 30.1 Å². The Morgan fingerprint density at radius 3 is 2.76 bits per heavy atom. The van der Waals surface area contributed by atoms with Gasteiger partial charge in [0.15, 0.2) is 0 Å². The molecule has 1 aliphatic rings. The molecule has 0 atom stereocenters. The van der Waals surface area contributed by atoms with Crippen molar-refractivity contribution >= 4 is 0 Å². The minimum atomic E-state index is 0.942. The highest BCUT2D eigenvalue weighted by Crippen LogP contribution is 2.24. The van der Waals surface area contributed by atoms with Crippen molar-refractivity contribution in [2.24, 2.45) is 5.92 Å². The van der Waals surface area contributed by atoms with Gasteiger partial charge in [0.2, 0.25) is 0 Å². The Morgan fingerprint density at radius 1 is 1.24 bits per heavy atom. The van der Waals surface area contributed by atoms with Gasteiger partial charge in [0.1, 0.15) is 0 Å². The normalized spacial score (nSPS) is 17.5. The van der Waals surface area contributed by atoms with Crippen molar-refractivity contribution in [1.82, 2.24) is 9.88 Å². The van der Waals surface area contributed by atoms with Crippen molar-refractivity contribution in [3.8, 4) is 0 Å². The highest BCUT2D eigenvalue weighted by Gasteiger charge is 2.15. The van der Waals surface area contributed by atoms with E-state index in [-0.39, 0.29) is 0 Å². The van der Waals surface area contributed by atoms with E-state index in [9.17, 15) is 0 Å². The lowest BCUT2D eigenvalue weighted by Crippen LogP contribution is -2.29. The Bertz CT molecular complexity index is 304. The van der Waals surface area contributed by atoms with Crippen LogP contribution in [0.3, 0.4) is 0 Å². The van der Waals surface area contributed by atoms with Gasteiger partial charge < -0.3 is 4.90 Å². The van der Waals surface area contributed by atoms with Crippen LogP contribution < -0.4 is 0 Å². The van der Waals surface area contributed by atoms with Gasteiger partial charge in [-0.2, -0.15) is 0 Å². The molecule has 2 rings (SSSR count). The number of rotatable bonds is 5. The van der Waals surface area contributed by atoms with Crippen molar-refractivity contribution in [3.63, 3.8) is 0 Å². The molecule has 0 saturated heterocycles. The average molecular weight is 232 g/mol. The van der Waals surface area contributed by atoms with Gasteiger partial charge in [-0.3, -0.25) is 4.98 Å². The fourth-order valence-electron chi connectivity index (χ4n) is 2.75.